The molecule has 0 aromatic carbocycles. The topological polar surface area (TPSA) is 89.9 Å². The normalized spacial score (nSPS) is 51.3. The molecule has 21 rings (SSSR count). The van der Waals surface area contributed by atoms with E-state index in [0.717, 1.165) is 78.4 Å². The smallest absolute Gasteiger partial charge is 0.310 e. The second-order valence-electron chi connectivity index (χ2n) is 42.8. The lowest BCUT2D eigenvalue weighted by atomic mass is 9.47. The summed E-state index contributed by atoms with van der Waals surface area (Å²) in [6.07, 6.45) is 48.3. The highest BCUT2D eigenvalue weighted by atomic mass is 35.5. The van der Waals surface area contributed by atoms with Gasteiger partial charge in [-0.25, -0.2) is 0 Å². The van der Waals surface area contributed by atoms with E-state index in [-0.39, 0.29) is 80.3 Å². The molecule has 100 heavy (non-hydrogen) atoms. The van der Waals surface area contributed by atoms with Crippen molar-refractivity contribution in [3.05, 3.63) is 69.9 Å². The number of carbonyl (C=O) groups is 3. The van der Waals surface area contributed by atoms with Crippen molar-refractivity contribution in [3.63, 3.8) is 0 Å². The number of hydrogen-bond acceptors (Lipinski definition) is 6. The van der Waals surface area contributed by atoms with Crippen LogP contribution >= 0.6 is 11.6 Å². The van der Waals surface area contributed by atoms with Gasteiger partial charge < -0.3 is 14.6 Å². The third kappa shape index (κ3) is 11.2. The maximum Gasteiger partial charge on any atom is 0.310 e. The number of fused-ring (bicyclic) bond motifs is 18. The monoisotopic (exact) mass is 1390 g/mol. The fourth-order valence-corrected chi connectivity index (χ4v) is 31.1. The van der Waals surface area contributed by atoms with Crippen LogP contribution in [0.1, 0.15) is 298 Å². The van der Waals surface area contributed by atoms with Crippen molar-refractivity contribution in [2.24, 2.45) is 173 Å². The van der Waals surface area contributed by atoms with Gasteiger partial charge in [-0.3, -0.25) is 14.4 Å². The molecule has 1 N–H and O–H groups in total. The molecule has 3 unspecified atom stereocenters. The summed E-state index contributed by atoms with van der Waals surface area (Å²) in [5.74, 6) is 13.7. The van der Waals surface area contributed by atoms with Crippen molar-refractivity contribution in [1.82, 2.24) is 0 Å². The molecule has 12 saturated carbocycles. The first-order valence-electron chi connectivity index (χ1n) is 42.4. The number of allylic oxidation sites excluding steroid dienone is 9. The number of hydrogen-bond donors (Lipinski definition) is 1. The second kappa shape index (κ2) is 25.5. The van der Waals surface area contributed by atoms with E-state index >= 15 is 0 Å². The highest BCUT2D eigenvalue weighted by molar-refractivity contribution is 6.64. The van der Waals surface area contributed by atoms with Gasteiger partial charge in [0.15, 0.2) is 0 Å². The van der Waals surface area contributed by atoms with Crippen LogP contribution in [0.3, 0.4) is 0 Å². The third-order valence-corrected chi connectivity index (χ3v) is 37.8. The molecule has 0 radical (unpaired) electrons. The fourth-order valence-electron chi connectivity index (χ4n) is 30.7. The summed E-state index contributed by atoms with van der Waals surface area (Å²) in [5.41, 5.74) is 12.2. The highest BCUT2D eigenvalue weighted by Crippen LogP contribution is 2.72. The Kier molecular flexibility index (Phi) is 18.6. The van der Waals surface area contributed by atoms with Crippen molar-refractivity contribution in [3.8, 4) is 0 Å². The summed E-state index contributed by atoms with van der Waals surface area (Å²) in [4.78, 5) is 39.3. The lowest BCUT2D eigenvalue weighted by Gasteiger charge is -2.59. The Hall–Kier alpha value is -2.70. The zero-order valence-electron chi connectivity index (χ0n) is 66.3. The van der Waals surface area contributed by atoms with Crippen molar-refractivity contribution < 1.29 is 29.0 Å². The first kappa shape index (κ1) is 72.8. The molecule has 7 heteroatoms. The third-order valence-electron chi connectivity index (χ3n) is 37.6. The van der Waals surface area contributed by atoms with E-state index < -0.39 is 0 Å². The molecule has 0 heterocycles. The van der Waals surface area contributed by atoms with Crippen molar-refractivity contribution >= 4 is 28.8 Å². The molecule has 6 nitrogen and oxygen atoms in total. The summed E-state index contributed by atoms with van der Waals surface area (Å²) >= 11 is 5.97. The quantitative estimate of drug-likeness (QED) is 0.168. The lowest BCUT2D eigenvalue weighted by Crippen LogP contribution is -2.55. The second-order valence-corrected chi connectivity index (χ2v) is 43.2. The molecule has 0 amide bonds. The maximum absolute atomic E-state index is 13.7. The minimum Gasteiger partial charge on any atom is -0.458 e. The molecule has 0 aromatic rings. The van der Waals surface area contributed by atoms with Crippen LogP contribution in [0.25, 0.3) is 0 Å². The molecular weight excluding hydrogens is 1250 g/mol. The van der Waals surface area contributed by atoms with E-state index in [0.29, 0.717) is 69.0 Å². The van der Waals surface area contributed by atoms with Crippen LogP contribution in [-0.4, -0.2) is 40.6 Å². The average molecular weight is 1390 g/mol. The van der Waals surface area contributed by atoms with Gasteiger partial charge in [0.2, 0.25) is 5.24 Å². The van der Waals surface area contributed by atoms with Crippen molar-refractivity contribution in [1.29, 1.82) is 0 Å². The number of ether oxygens (including phenoxy) is 2. The molecule has 12 fully saturated rings. The van der Waals surface area contributed by atoms with Crippen LogP contribution in [0.5, 0.6) is 0 Å². The Bertz CT molecular complexity index is 3270. The molecule has 30 atom stereocenters. The van der Waals surface area contributed by atoms with Gasteiger partial charge in [0, 0.05) is 17.8 Å². The SMILES string of the molecule is CC1=C[C@@H](O)[C@@H]2C[C@H]1C2(C)C.CC1=C[C@@H](OC(=O)[C@H]2CC[C@H]3[C@@H]4CC=C5CC(C)CC[C@]5(C)[C@H]4CC[C@]23C)[C@@H]2C[C@H]1C2(C)C.CC1=C[C@@H](OC(=O)[C@H]2CC[C@H]3[C@@H]4CC=C5CC(C)CC[C@]5(C)[C@H]4CC[C@]23C)[C@@H]2C[C@H]1C2(C)C.CC1CC[C@@]2(C)C(=CC[C@H]3[C@@H]4CC[C@H](C(=O)Cl)[C@@]4(C)CC[C@@H]32)C1. The van der Waals surface area contributed by atoms with Gasteiger partial charge in [-0.05, 0) is 361 Å². The summed E-state index contributed by atoms with van der Waals surface area (Å²) in [5, 5.41) is 9.57. The number of aliphatic hydroxyl groups is 1. The molecular formula is C93H139ClO6. The van der Waals surface area contributed by atoms with E-state index in [1.54, 1.807) is 16.7 Å². The fraction of sp³-hybridized carbons (Fsp3) is 0.839. The lowest BCUT2D eigenvalue weighted by molar-refractivity contribution is -0.173. The molecule has 0 spiro atoms. The summed E-state index contributed by atoms with van der Waals surface area (Å²) in [6.45, 7) is 43.0. The van der Waals surface area contributed by atoms with E-state index in [4.69, 9.17) is 21.1 Å². The molecule has 0 aromatic heterocycles. The van der Waals surface area contributed by atoms with Gasteiger partial charge in [0.25, 0.3) is 0 Å². The zero-order chi connectivity index (χ0) is 71.3. The van der Waals surface area contributed by atoms with E-state index in [9.17, 15) is 19.5 Å². The van der Waals surface area contributed by atoms with E-state index in [1.807, 2.05) is 6.08 Å². The Morgan fingerprint density at radius 3 is 1.00 bits per heavy atom. The summed E-state index contributed by atoms with van der Waals surface area (Å²) < 4.78 is 12.7. The number of esters is 2. The van der Waals surface area contributed by atoms with Gasteiger partial charge in [0.1, 0.15) is 12.2 Å². The van der Waals surface area contributed by atoms with Gasteiger partial charge in [-0.15, -0.1) is 0 Å². The van der Waals surface area contributed by atoms with Crippen LogP contribution in [-0.2, 0) is 23.9 Å². The first-order valence-corrected chi connectivity index (χ1v) is 42.8. The summed E-state index contributed by atoms with van der Waals surface area (Å²) in [6, 6.07) is 0. The maximum atomic E-state index is 13.7. The highest BCUT2D eigenvalue weighted by Gasteiger charge is 2.66. The van der Waals surface area contributed by atoms with Gasteiger partial charge >= 0.3 is 11.9 Å². The van der Waals surface area contributed by atoms with Crippen LogP contribution < -0.4 is 0 Å². The molecule has 0 saturated heterocycles. The standard InChI is InChI=1S/2C31H46O2.C21H31ClO.C10H16O/c2*1-18-11-13-30(5)20(15-18)7-8-21-22-9-10-24(31(22,6)14-12-23(21)30)28(32)33-27-16-19(2)25-17-26(27)29(25,3)4;1-13-8-10-20(2)14(12-13)4-5-15-16-6-7-18(19(22)23)21(16,3)11-9-17(15)20;1-6-4-9(11)8-5-7(6)10(8,2)3/h2*7,16,18,21-27H,8-15,17H2,1-6H3;4,13,15-18H,5-12H2,1-3H3;4,7-9,11H,5H2,1-3H3/t2*18?,21-,22-,23-,24+,25+,26-,27+,30-,31-;13?,15-,16-,17-,18+,20-,21-;7-,8+,9-/m0001/s1. The Labute approximate surface area is 613 Å². The average Bonchev–Trinajstić information content (AvgIpc) is 1.21. The van der Waals surface area contributed by atoms with Crippen molar-refractivity contribution in [2.75, 3.05) is 0 Å². The number of carbonyl (C=O) groups excluding carboxylic acids is 3. The summed E-state index contributed by atoms with van der Waals surface area (Å²) in [7, 11) is 0. The largest absolute Gasteiger partial charge is 0.458 e. The molecule has 21 aliphatic rings. The minimum atomic E-state index is -0.171. The predicted molar refractivity (Wildman–Crippen MR) is 407 cm³/mol. The number of aliphatic hydroxyl groups excluding tert-OH is 1. The minimum absolute atomic E-state index is 0.000185. The first-order chi connectivity index (χ1) is 47.0. The predicted octanol–water partition coefficient (Wildman–Crippen LogP) is 23.4. The van der Waals surface area contributed by atoms with Crippen LogP contribution in [0.15, 0.2) is 69.9 Å². The molecule has 0 aliphatic heterocycles. The number of halogens is 1. The van der Waals surface area contributed by atoms with E-state index in [1.165, 1.54) is 171 Å². The van der Waals surface area contributed by atoms with Crippen LogP contribution in [0.2, 0.25) is 0 Å². The molecule has 21 aliphatic carbocycles. The van der Waals surface area contributed by atoms with Gasteiger partial charge in [-0.2, -0.15) is 0 Å². The van der Waals surface area contributed by atoms with Crippen LogP contribution in [0, 0.1) is 173 Å². The van der Waals surface area contributed by atoms with Gasteiger partial charge in [0.05, 0.1) is 17.9 Å². The Morgan fingerprint density at radius 2 is 0.700 bits per heavy atom. The van der Waals surface area contributed by atoms with E-state index in [2.05, 4.69) is 155 Å². The van der Waals surface area contributed by atoms with Crippen LogP contribution in [0.4, 0.5) is 0 Å². The molecule has 6 bridgehead atoms. The Morgan fingerprint density at radius 1 is 0.390 bits per heavy atom. The molecule has 554 valence electrons. The van der Waals surface area contributed by atoms with Crippen molar-refractivity contribution in [2.45, 2.75) is 316 Å². The van der Waals surface area contributed by atoms with Gasteiger partial charge in [-0.1, -0.05) is 162 Å². The Balaban J connectivity index is 0.000000114. The zero-order valence-corrected chi connectivity index (χ0v) is 67.0. The number of rotatable bonds is 5.